The van der Waals surface area contributed by atoms with Gasteiger partial charge in [-0.25, -0.2) is 9.18 Å². The lowest BCUT2D eigenvalue weighted by Crippen LogP contribution is -2.49. The van der Waals surface area contributed by atoms with Crippen LogP contribution in [0.15, 0.2) is 24.3 Å². The highest BCUT2D eigenvalue weighted by Crippen LogP contribution is 2.31. The minimum absolute atomic E-state index is 0.0808. The maximum absolute atomic E-state index is 13.0. The standard InChI is InChI=1S/C18H27FN2O2/c1-4-21(13(2)3)18(23)20-11-9-15(10-12-20)17(22)14-5-7-16(19)8-6-14/h5-8,13,15,17,22H,4,9-12H2,1-3H3/t17-/m1/s1. The Morgan fingerprint density at radius 3 is 2.35 bits per heavy atom. The maximum atomic E-state index is 13.0. The summed E-state index contributed by atoms with van der Waals surface area (Å²) in [4.78, 5) is 16.2. The number of benzene rings is 1. The molecule has 0 bridgehead atoms. The molecule has 128 valence electrons. The highest BCUT2D eigenvalue weighted by Gasteiger charge is 2.30. The van der Waals surface area contributed by atoms with E-state index in [-0.39, 0.29) is 23.8 Å². The molecule has 1 atom stereocenters. The van der Waals surface area contributed by atoms with E-state index in [1.54, 1.807) is 12.1 Å². The molecule has 0 radical (unpaired) electrons. The average Bonchev–Trinajstić information content (AvgIpc) is 2.55. The molecule has 2 rings (SSSR count). The van der Waals surface area contributed by atoms with Gasteiger partial charge in [0.15, 0.2) is 0 Å². The SMILES string of the molecule is CCN(C(=O)N1CCC([C@H](O)c2ccc(F)cc2)CC1)C(C)C. The number of aliphatic hydroxyl groups is 1. The van der Waals surface area contributed by atoms with Gasteiger partial charge in [0.2, 0.25) is 0 Å². The second-order valence-electron chi connectivity index (χ2n) is 6.48. The van der Waals surface area contributed by atoms with E-state index in [0.29, 0.717) is 19.6 Å². The molecule has 0 unspecified atom stereocenters. The van der Waals surface area contributed by atoms with E-state index in [2.05, 4.69) is 0 Å². The van der Waals surface area contributed by atoms with Gasteiger partial charge in [-0.2, -0.15) is 0 Å². The first-order valence-corrected chi connectivity index (χ1v) is 8.43. The predicted molar refractivity (Wildman–Crippen MR) is 88.6 cm³/mol. The van der Waals surface area contributed by atoms with Gasteiger partial charge in [0.05, 0.1) is 6.10 Å². The van der Waals surface area contributed by atoms with E-state index in [0.717, 1.165) is 18.4 Å². The third-order valence-corrected chi connectivity index (χ3v) is 4.68. The van der Waals surface area contributed by atoms with E-state index in [1.165, 1.54) is 12.1 Å². The largest absolute Gasteiger partial charge is 0.388 e. The number of hydrogen-bond donors (Lipinski definition) is 1. The summed E-state index contributed by atoms with van der Waals surface area (Å²) in [6.45, 7) is 8.05. The Kier molecular flexibility index (Phi) is 5.99. The van der Waals surface area contributed by atoms with E-state index in [1.807, 2.05) is 30.6 Å². The first kappa shape index (κ1) is 17.7. The molecular weight excluding hydrogens is 295 g/mol. The summed E-state index contributed by atoms with van der Waals surface area (Å²) in [5.74, 6) is -0.187. The van der Waals surface area contributed by atoms with Gasteiger partial charge in [-0.15, -0.1) is 0 Å². The highest BCUT2D eigenvalue weighted by atomic mass is 19.1. The highest BCUT2D eigenvalue weighted by molar-refractivity contribution is 5.74. The molecule has 0 saturated carbocycles. The van der Waals surface area contributed by atoms with Crippen LogP contribution in [0, 0.1) is 11.7 Å². The summed E-state index contributed by atoms with van der Waals surface area (Å²) in [5, 5.41) is 10.5. The summed E-state index contributed by atoms with van der Waals surface area (Å²) in [7, 11) is 0. The molecule has 1 N–H and O–H groups in total. The Morgan fingerprint density at radius 1 is 1.30 bits per heavy atom. The van der Waals surface area contributed by atoms with Gasteiger partial charge in [0, 0.05) is 25.7 Å². The van der Waals surface area contributed by atoms with Crippen molar-refractivity contribution in [3.8, 4) is 0 Å². The van der Waals surface area contributed by atoms with Gasteiger partial charge in [-0.3, -0.25) is 0 Å². The molecule has 1 aliphatic rings. The van der Waals surface area contributed by atoms with Crippen molar-refractivity contribution in [1.29, 1.82) is 0 Å². The number of aliphatic hydroxyl groups excluding tert-OH is 1. The molecule has 1 saturated heterocycles. The monoisotopic (exact) mass is 322 g/mol. The molecule has 1 heterocycles. The maximum Gasteiger partial charge on any atom is 0.320 e. The van der Waals surface area contributed by atoms with Crippen LogP contribution in [0.5, 0.6) is 0 Å². The fraction of sp³-hybridized carbons (Fsp3) is 0.611. The molecule has 1 aromatic rings. The number of urea groups is 1. The van der Waals surface area contributed by atoms with Gasteiger partial charge >= 0.3 is 6.03 Å². The van der Waals surface area contributed by atoms with Crippen molar-refractivity contribution in [3.05, 3.63) is 35.6 Å². The van der Waals surface area contributed by atoms with Crippen molar-refractivity contribution in [3.63, 3.8) is 0 Å². The van der Waals surface area contributed by atoms with Crippen molar-refractivity contribution in [2.24, 2.45) is 5.92 Å². The fourth-order valence-electron chi connectivity index (χ4n) is 3.24. The number of carbonyl (C=O) groups excluding carboxylic acids is 1. The number of likely N-dealkylation sites (tertiary alicyclic amines) is 1. The van der Waals surface area contributed by atoms with Crippen LogP contribution < -0.4 is 0 Å². The Bertz CT molecular complexity index is 510. The lowest BCUT2D eigenvalue weighted by atomic mass is 9.87. The second kappa shape index (κ2) is 7.77. The minimum atomic E-state index is -0.597. The number of hydrogen-bond acceptors (Lipinski definition) is 2. The van der Waals surface area contributed by atoms with Crippen LogP contribution in [0.4, 0.5) is 9.18 Å². The minimum Gasteiger partial charge on any atom is -0.388 e. The summed E-state index contributed by atoms with van der Waals surface area (Å²) in [6.07, 6.45) is 0.931. The quantitative estimate of drug-likeness (QED) is 0.923. The van der Waals surface area contributed by atoms with Crippen molar-refractivity contribution < 1.29 is 14.3 Å². The van der Waals surface area contributed by atoms with Gasteiger partial charge in [-0.05, 0) is 57.2 Å². The van der Waals surface area contributed by atoms with Crippen LogP contribution >= 0.6 is 0 Å². The summed E-state index contributed by atoms with van der Waals surface area (Å²) < 4.78 is 13.0. The molecular formula is C18H27FN2O2. The molecule has 5 heteroatoms. The lowest BCUT2D eigenvalue weighted by molar-refractivity contribution is 0.0586. The third kappa shape index (κ3) is 4.22. The van der Waals surface area contributed by atoms with Crippen LogP contribution in [0.3, 0.4) is 0 Å². The first-order chi connectivity index (χ1) is 10.9. The molecule has 0 aliphatic carbocycles. The van der Waals surface area contributed by atoms with E-state index in [9.17, 15) is 14.3 Å². The van der Waals surface area contributed by atoms with Crippen molar-refractivity contribution >= 4 is 6.03 Å². The number of amides is 2. The molecule has 1 aliphatic heterocycles. The zero-order valence-electron chi connectivity index (χ0n) is 14.2. The van der Waals surface area contributed by atoms with E-state index < -0.39 is 6.10 Å². The Morgan fingerprint density at radius 2 is 1.87 bits per heavy atom. The molecule has 1 fully saturated rings. The van der Waals surface area contributed by atoms with Crippen LogP contribution in [0.1, 0.15) is 45.3 Å². The molecule has 4 nitrogen and oxygen atoms in total. The van der Waals surface area contributed by atoms with Crippen LogP contribution in [-0.4, -0.2) is 46.6 Å². The average molecular weight is 322 g/mol. The normalized spacial score (nSPS) is 17.4. The second-order valence-corrected chi connectivity index (χ2v) is 6.48. The predicted octanol–water partition coefficient (Wildman–Crippen LogP) is 3.42. The van der Waals surface area contributed by atoms with Crippen molar-refractivity contribution in [2.75, 3.05) is 19.6 Å². The van der Waals surface area contributed by atoms with Crippen LogP contribution in [0.25, 0.3) is 0 Å². The molecule has 23 heavy (non-hydrogen) atoms. The first-order valence-electron chi connectivity index (χ1n) is 8.43. The number of piperidine rings is 1. The van der Waals surface area contributed by atoms with Crippen LogP contribution in [0.2, 0.25) is 0 Å². The lowest BCUT2D eigenvalue weighted by Gasteiger charge is -2.38. The number of halogens is 1. The Hall–Kier alpha value is -1.62. The van der Waals surface area contributed by atoms with Gasteiger partial charge < -0.3 is 14.9 Å². The van der Waals surface area contributed by atoms with Crippen molar-refractivity contribution in [2.45, 2.75) is 45.8 Å². The number of rotatable bonds is 4. The number of nitrogens with zero attached hydrogens (tertiary/aromatic N) is 2. The van der Waals surface area contributed by atoms with Gasteiger partial charge in [-0.1, -0.05) is 12.1 Å². The summed E-state index contributed by atoms with van der Waals surface area (Å²) in [6, 6.07) is 6.29. The van der Waals surface area contributed by atoms with E-state index in [4.69, 9.17) is 0 Å². The van der Waals surface area contributed by atoms with Crippen LogP contribution in [-0.2, 0) is 0 Å². The zero-order chi connectivity index (χ0) is 17.0. The molecule has 0 spiro atoms. The molecule has 1 aromatic carbocycles. The van der Waals surface area contributed by atoms with E-state index >= 15 is 0 Å². The van der Waals surface area contributed by atoms with Crippen molar-refractivity contribution in [1.82, 2.24) is 9.80 Å². The summed E-state index contributed by atoms with van der Waals surface area (Å²) in [5.41, 5.74) is 0.744. The fourth-order valence-corrected chi connectivity index (χ4v) is 3.24. The smallest absolute Gasteiger partial charge is 0.320 e. The number of carbonyl (C=O) groups is 1. The summed E-state index contributed by atoms with van der Waals surface area (Å²) >= 11 is 0. The molecule has 0 aromatic heterocycles. The molecule has 2 amide bonds. The van der Waals surface area contributed by atoms with Gasteiger partial charge in [0.25, 0.3) is 0 Å². The third-order valence-electron chi connectivity index (χ3n) is 4.68. The Balaban J connectivity index is 1.93. The van der Waals surface area contributed by atoms with Gasteiger partial charge in [0.1, 0.15) is 5.82 Å². The Labute approximate surface area is 137 Å². The zero-order valence-corrected chi connectivity index (χ0v) is 14.2. The topological polar surface area (TPSA) is 43.8 Å².